The largest absolute Gasteiger partial charge is 0.503 e. The Morgan fingerprint density at radius 3 is 2.43 bits per heavy atom. The van der Waals surface area contributed by atoms with Crippen LogP contribution in [-0.4, -0.2) is 44.7 Å². The number of hydrogen-bond acceptors (Lipinski definition) is 9. The Morgan fingerprint density at radius 1 is 1.03 bits per heavy atom. The number of thioether (sulfide) groups is 1. The van der Waals surface area contributed by atoms with Gasteiger partial charge in [0.2, 0.25) is 5.76 Å². The molecule has 0 atom stereocenters. The lowest BCUT2D eigenvalue weighted by Gasteiger charge is -2.23. The summed E-state index contributed by atoms with van der Waals surface area (Å²) in [5, 5.41) is 19.2. The summed E-state index contributed by atoms with van der Waals surface area (Å²) in [5.74, 6) is 0.136. The molecule has 4 aromatic rings. The summed E-state index contributed by atoms with van der Waals surface area (Å²) in [4.78, 5) is 10.1. The average molecular weight is 518 g/mol. The van der Waals surface area contributed by atoms with Gasteiger partial charge in [0.05, 0.1) is 11.9 Å². The Labute approximate surface area is 220 Å². The van der Waals surface area contributed by atoms with Gasteiger partial charge < -0.3 is 25.4 Å². The Hall–Kier alpha value is -3.40. The average Bonchev–Trinajstić information content (AvgIpc) is 3.30. The first-order chi connectivity index (χ1) is 18.0. The Bertz CT molecular complexity index is 1330. The molecule has 2 aromatic heterocycles. The van der Waals surface area contributed by atoms with Crippen molar-refractivity contribution in [1.29, 1.82) is 0 Å². The number of benzene rings is 2. The van der Waals surface area contributed by atoms with E-state index >= 15 is 0 Å². The summed E-state index contributed by atoms with van der Waals surface area (Å²) < 4.78 is 10.9. The molecule has 0 aliphatic carbocycles. The monoisotopic (exact) mass is 517 g/mol. The van der Waals surface area contributed by atoms with Gasteiger partial charge in [-0.25, -0.2) is 9.97 Å². The molecule has 192 valence electrons. The fraction of sp³-hybridized carbons (Fsp3) is 0.321. The number of rotatable bonds is 8. The van der Waals surface area contributed by atoms with Crippen LogP contribution in [0.4, 0.5) is 5.82 Å². The van der Waals surface area contributed by atoms with E-state index < -0.39 is 0 Å². The van der Waals surface area contributed by atoms with E-state index in [-0.39, 0.29) is 23.0 Å². The molecule has 8 nitrogen and oxygen atoms in total. The van der Waals surface area contributed by atoms with E-state index in [1.54, 1.807) is 18.0 Å². The van der Waals surface area contributed by atoms with E-state index in [1.807, 2.05) is 36.4 Å². The summed E-state index contributed by atoms with van der Waals surface area (Å²) in [5.41, 5.74) is 10.1. The fourth-order valence-electron chi connectivity index (χ4n) is 4.26. The number of aromatic hydroxyl groups is 1. The molecule has 37 heavy (non-hydrogen) atoms. The normalized spacial score (nSPS) is 14.4. The number of nitrogen functional groups attached to an aromatic ring is 1. The van der Waals surface area contributed by atoms with E-state index in [4.69, 9.17) is 15.0 Å². The minimum absolute atomic E-state index is 0.0964. The van der Waals surface area contributed by atoms with Gasteiger partial charge in [-0.2, -0.15) is 0 Å². The second-order valence-electron chi connectivity index (χ2n) is 9.35. The van der Waals surface area contributed by atoms with E-state index in [0.717, 1.165) is 49.3 Å². The van der Waals surface area contributed by atoms with E-state index in [2.05, 4.69) is 46.4 Å². The lowest BCUT2D eigenvalue weighted by atomic mass is 10.1. The van der Waals surface area contributed by atoms with E-state index in [1.165, 1.54) is 4.90 Å². The second-order valence-corrected chi connectivity index (χ2v) is 11.0. The first-order valence-electron chi connectivity index (χ1n) is 12.5. The maximum absolute atomic E-state index is 11.0. The molecule has 5 rings (SSSR count). The molecule has 0 saturated carbocycles. The van der Waals surface area contributed by atoms with Crippen molar-refractivity contribution in [3.05, 3.63) is 60.3 Å². The predicted octanol–water partition coefficient (Wildman–Crippen LogP) is 5.52. The molecule has 1 aliphatic rings. The number of nitrogens with two attached hydrogens (primary N) is 1. The van der Waals surface area contributed by atoms with Crippen molar-refractivity contribution in [3.63, 3.8) is 0 Å². The fourth-order valence-corrected chi connectivity index (χ4v) is 5.09. The first kappa shape index (κ1) is 25.3. The van der Waals surface area contributed by atoms with Crippen LogP contribution in [0, 0.1) is 0 Å². The van der Waals surface area contributed by atoms with Crippen LogP contribution in [0.15, 0.2) is 64.1 Å². The van der Waals surface area contributed by atoms with Crippen LogP contribution in [-0.2, 0) is 11.3 Å². The first-order valence-corrected chi connectivity index (χ1v) is 13.3. The van der Waals surface area contributed by atoms with Crippen molar-refractivity contribution in [2.75, 3.05) is 18.9 Å². The molecular formula is C28H31N5O3S. The highest BCUT2D eigenvalue weighted by atomic mass is 32.2. The molecule has 3 heterocycles. The van der Waals surface area contributed by atoms with Crippen molar-refractivity contribution in [1.82, 2.24) is 20.4 Å². The van der Waals surface area contributed by atoms with Gasteiger partial charge in [0, 0.05) is 47.1 Å². The molecule has 0 amide bonds. The van der Waals surface area contributed by atoms with Gasteiger partial charge in [-0.05, 0) is 30.5 Å². The van der Waals surface area contributed by atoms with Crippen LogP contribution in [0.3, 0.4) is 0 Å². The van der Waals surface area contributed by atoms with Crippen LogP contribution < -0.4 is 11.1 Å². The molecule has 0 spiro atoms. The molecule has 9 heteroatoms. The van der Waals surface area contributed by atoms with Gasteiger partial charge >= 0.3 is 0 Å². The number of hydrogen-bond donors (Lipinski definition) is 3. The Balaban J connectivity index is 1.34. The topological polar surface area (TPSA) is 119 Å². The highest BCUT2D eigenvalue weighted by molar-refractivity contribution is 7.99. The SMILES string of the molecule is CC(C)Sc1ccc(-c2cnc(N)c(-c3onc(-c4ccc(CNC5CCOCC5)cc4)c3O)n2)cc1. The zero-order valence-corrected chi connectivity index (χ0v) is 21.8. The number of ether oxygens (including phenoxy) is 1. The van der Waals surface area contributed by atoms with Crippen molar-refractivity contribution in [2.24, 2.45) is 0 Å². The van der Waals surface area contributed by atoms with Gasteiger partial charge in [-0.3, -0.25) is 0 Å². The van der Waals surface area contributed by atoms with Crippen molar-refractivity contribution in [2.45, 2.75) is 49.4 Å². The van der Waals surface area contributed by atoms with Gasteiger partial charge in [0.25, 0.3) is 0 Å². The minimum Gasteiger partial charge on any atom is -0.503 e. The summed E-state index contributed by atoms with van der Waals surface area (Å²) in [6, 6.07) is 16.5. The quantitative estimate of drug-likeness (QED) is 0.259. The lowest BCUT2D eigenvalue weighted by molar-refractivity contribution is 0.0776. The molecule has 4 N–H and O–H groups in total. The number of anilines is 1. The maximum atomic E-state index is 11.0. The van der Waals surface area contributed by atoms with Crippen molar-refractivity contribution in [3.8, 4) is 39.7 Å². The highest BCUT2D eigenvalue weighted by Gasteiger charge is 2.23. The Morgan fingerprint density at radius 2 is 1.73 bits per heavy atom. The predicted molar refractivity (Wildman–Crippen MR) is 146 cm³/mol. The molecule has 1 aliphatic heterocycles. The zero-order valence-electron chi connectivity index (χ0n) is 21.0. The van der Waals surface area contributed by atoms with Crippen LogP contribution in [0.5, 0.6) is 5.75 Å². The smallest absolute Gasteiger partial charge is 0.231 e. The third kappa shape index (κ3) is 5.95. The van der Waals surface area contributed by atoms with Crippen molar-refractivity contribution >= 4 is 17.6 Å². The molecular weight excluding hydrogens is 486 g/mol. The van der Waals surface area contributed by atoms with E-state index in [0.29, 0.717) is 22.7 Å². The van der Waals surface area contributed by atoms with Crippen LogP contribution >= 0.6 is 11.8 Å². The van der Waals surface area contributed by atoms with Crippen molar-refractivity contribution < 1.29 is 14.4 Å². The molecule has 0 radical (unpaired) electrons. The summed E-state index contributed by atoms with van der Waals surface area (Å²) >= 11 is 1.80. The number of nitrogens with zero attached hydrogens (tertiary/aromatic N) is 3. The number of aromatic nitrogens is 3. The molecule has 0 unspecified atom stereocenters. The van der Waals surface area contributed by atoms with Crippen LogP contribution in [0.25, 0.3) is 34.0 Å². The Kier molecular flexibility index (Phi) is 7.73. The second kappa shape index (κ2) is 11.3. The molecule has 1 saturated heterocycles. The standard InChI is InChI=1S/C28H31N5O3S/c1-17(2)37-22-9-7-19(8-10-22)23-16-31-28(29)25(32-23)27-26(34)24(33-36-27)20-5-3-18(4-6-20)15-30-21-11-13-35-14-12-21/h3-10,16-17,21,30,34H,11-15H2,1-2H3,(H2,29,31). The summed E-state index contributed by atoms with van der Waals surface area (Å²) in [7, 11) is 0. The minimum atomic E-state index is -0.116. The van der Waals surface area contributed by atoms with Gasteiger partial charge in [-0.15, -0.1) is 11.8 Å². The highest BCUT2D eigenvalue weighted by Crippen LogP contribution is 2.39. The molecule has 0 bridgehead atoms. The third-order valence-electron chi connectivity index (χ3n) is 6.25. The van der Waals surface area contributed by atoms with Gasteiger partial charge in [-0.1, -0.05) is 55.4 Å². The van der Waals surface area contributed by atoms with E-state index in [9.17, 15) is 5.11 Å². The van der Waals surface area contributed by atoms with Gasteiger partial charge in [0.1, 0.15) is 0 Å². The third-order valence-corrected chi connectivity index (χ3v) is 7.26. The maximum Gasteiger partial charge on any atom is 0.231 e. The van der Waals surface area contributed by atoms with Crippen LogP contribution in [0.2, 0.25) is 0 Å². The lowest BCUT2D eigenvalue weighted by Crippen LogP contribution is -2.34. The summed E-state index contributed by atoms with van der Waals surface area (Å²) in [6.45, 7) is 6.72. The van der Waals surface area contributed by atoms with Gasteiger partial charge in [0.15, 0.2) is 23.0 Å². The zero-order chi connectivity index (χ0) is 25.8. The number of nitrogens with one attached hydrogen (secondary N) is 1. The van der Waals surface area contributed by atoms with Crippen LogP contribution in [0.1, 0.15) is 32.3 Å². The molecule has 2 aromatic carbocycles. The molecule has 1 fully saturated rings. The summed E-state index contributed by atoms with van der Waals surface area (Å²) in [6.07, 6.45) is 3.68.